The average molecular weight is 197 g/mol. The van der Waals surface area contributed by atoms with Crippen LogP contribution in [0.5, 0.6) is 0 Å². The van der Waals surface area contributed by atoms with E-state index in [1.54, 1.807) is 0 Å². The van der Waals surface area contributed by atoms with Crippen molar-refractivity contribution in [3.05, 3.63) is 0 Å². The molecule has 0 aliphatic heterocycles. The first-order chi connectivity index (χ1) is 6.49. The number of hydrogen-bond acceptors (Lipinski definition) is 3. The largest absolute Gasteiger partial charge is 0.369 e. The Labute approximate surface area is 85.7 Å². The molecule has 0 aromatic heterocycles. The van der Waals surface area contributed by atoms with Crippen LogP contribution in [0, 0.1) is 17.2 Å². The van der Waals surface area contributed by atoms with Gasteiger partial charge in [-0.25, -0.2) is 0 Å². The highest BCUT2D eigenvalue weighted by Gasteiger charge is 2.16. The van der Waals surface area contributed by atoms with E-state index in [0.29, 0.717) is 25.6 Å². The van der Waals surface area contributed by atoms with E-state index in [1.807, 2.05) is 20.8 Å². The van der Waals surface area contributed by atoms with Gasteiger partial charge in [0.2, 0.25) is 5.91 Å². The Morgan fingerprint density at radius 2 is 2.07 bits per heavy atom. The Bertz CT molecular complexity index is 220. The van der Waals surface area contributed by atoms with Gasteiger partial charge in [-0.1, -0.05) is 6.92 Å². The van der Waals surface area contributed by atoms with Crippen molar-refractivity contribution in [3.8, 4) is 6.07 Å². The van der Waals surface area contributed by atoms with E-state index in [9.17, 15) is 4.79 Å². The number of primary amides is 1. The molecule has 0 radical (unpaired) electrons. The Hall–Kier alpha value is -1.08. The Morgan fingerprint density at radius 1 is 1.50 bits per heavy atom. The van der Waals surface area contributed by atoms with Crippen LogP contribution < -0.4 is 5.73 Å². The summed E-state index contributed by atoms with van der Waals surface area (Å²) < 4.78 is 0. The van der Waals surface area contributed by atoms with Crippen molar-refractivity contribution < 1.29 is 4.79 Å². The summed E-state index contributed by atoms with van der Waals surface area (Å²) in [7, 11) is 0. The smallest absolute Gasteiger partial charge is 0.221 e. The fourth-order valence-corrected chi connectivity index (χ4v) is 1.20. The van der Waals surface area contributed by atoms with Crippen LogP contribution in [0.15, 0.2) is 0 Å². The number of hydrogen-bond donors (Lipinski definition) is 1. The number of amides is 1. The Kier molecular flexibility index (Phi) is 5.89. The third-order valence-electron chi connectivity index (χ3n) is 2.24. The van der Waals surface area contributed by atoms with Crippen LogP contribution in [-0.2, 0) is 4.79 Å². The summed E-state index contributed by atoms with van der Waals surface area (Å²) in [6, 6.07) is 2.44. The van der Waals surface area contributed by atoms with Gasteiger partial charge in [0.15, 0.2) is 0 Å². The molecular formula is C10H19N3O. The second-order valence-electron chi connectivity index (χ2n) is 3.80. The third-order valence-corrected chi connectivity index (χ3v) is 2.24. The monoisotopic (exact) mass is 197 g/mol. The van der Waals surface area contributed by atoms with Gasteiger partial charge >= 0.3 is 0 Å². The van der Waals surface area contributed by atoms with Gasteiger partial charge < -0.3 is 5.73 Å². The molecule has 0 aromatic rings. The molecule has 0 spiro atoms. The van der Waals surface area contributed by atoms with E-state index < -0.39 is 0 Å². The minimum Gasteiger partial charge on any atom is -0.369 e. The average Bonchev–Trinajstić information content (AvgIpc) is 2.10. The van der Waals surface area contributed by atoms with E-state index in [-0.39, 0.29) is 11.8 Å². The fraction of sp³-hybridized carbons (Fsp3) is 0.800. The molecule has 0 heterocycles. The highest BCUT2D eigenvalue weighted by atomic mass is 16.1. The first-order valence-electron chi connectivity index (χ1n) is 4.89. The summed E-state index contributed by atoms with van der Waals surface area (Å²) in [5, 5.41) is 8.47. The number of nitrogens with two attached hydrogens (primary N) is 1. The van der Waals surface area contributed by atoms with E-state index in [2.05, 4.69) is 11.0 Å². The SMILES string of the molecule is CC(CN(CCC#N)C(C)C)C(N)=O. The second kappa shape index (κ2) is 6.39. The molecule has 0 bridgehead atoms. The van der Waals surface area contributed by atoms with Gasteiger partial charge in [-0.05, 0) is 13.8 Å². The van der Waals surface area contributed by atoms with Crippen LogP contribution in [0.4, 0.5) is 0 Å². The highest BCUT2D eigenvalue weighted by Crippen LogP contribution is 2.05. The number of carbonyl (C=O) groups excluding carboxylic acids is 1. The van der Waals surface area contributed by atoms with Crippen molar-refractivity contribution in [3.63, 3.8) is 0 Å². The molecule has 1 atom stereocenters. The minimum atomic E-state index is -0.285. The van der Waals surface area contributed by atoms with Crippen molar-refractivity contribution in [2.75, 3.05) is 13.1 Å². The molecule has 0 saturated carbocycles. The molecule has 1 amide bonds. The van der Waals surface area contributed by atoms with Crippen molar-refractivity contribution in [2.24, 2.45) is 11.7 Å². The van der Waals surface area contributed by atoms with Crippen molar-refractivity contribution in [1.29, 1.82) is 5.26 Å². The molecule has 4 nitrogen and oxygen atoms in total. The van der Waals surface area contributed by atoms with Gasteiger partial charge in [-0.2, -0.15) is 5.26 Å². The molecule has 0 aliphatic rings. The first-order valence-corrected chi connectivity index (χ1v) is 4.89. The number of nitriles is 1. The van der Waals surface area contributed by atoms with Crippen molar-refractivity contribution >= 4 is 5.91 Å². The minimum absolute atomic E-state index is 0.156. The maximum atomic E-state index is 10.9. The van der Waals surface area contributed by atoms with Crippen LogP contribution in [-0.4, -0.2) is 29.9 Å². The first kappa shape index (κ1) is 12.9. The zero-order valence-corrected chi connectivity index (χ0v) is 9.16. The topological polar surface area (TPSA) is 70.1 Å². The Morgan fingerprint density at radius 3 is 2.43 bits per heavy atom. The van der Waals surface area contributed by atoms with Crippen LogP contribution in [0.3, 0.4) is 0 Å². The van der Waals surface area contributed by atoms with Gasteiger partial charge in [-0.15, -0.1) is 0 Å². The second-order valence-corrected chi connectivity index (χ2v) is 3.80. The molecule has 2 N–H and O–H groups in total. The van der Waals surface area contributed by atoms with E-state index in [0.717, 1.165) is 0 Å². The van der Waals surface area contributed by atoms with E-state index in [4.69, 9.17) is 11.0 Å². The van der Waals surface area contributed by atoms with Crippen LogP contribution >= 0.6 is 0 Å². The highest BCUT2D eigenvalue weighted by molar-refractivity contribution is 5.76. The fourth-order valence-electron chi connectivity index (χ4n) is 1.20. The molecular weight excluding hydrogens is 178 g/mol. The lowest BCUT2D eigenvalue weighted by atomic mass is 10.1. The molecule has 0 saturated heterocycles. The van der Waals surface area contributed by atoms with Crippen LogP contribution in [0.25, 0.3) is 0 Å². The van der Waals surface area contributed by atoms with E-state index >= 15 is 0 Å². The van der Waals surface area contributed by atoms with E-state index in [1.165, 1.54) is 0 Å². The summed E-state index contributed by atoms with van der Waals surface area (Å²) in [5.41, 5.74) is 5.18. The number of carbonyl (C=O) groups is 1. The summed E-state index contributed by atoms with van der Waals surface area (Å²) in [6.45, 7) is 7.24. The lowest BCUT2D eigenvalue weighted by Gasteiger charge is -2.27. The predicted molar refractivity (Wildman–Crippen MR) is 55.3 cm³/mol. The van der Waals surface area contributed by atoms with Gasteiger partial charge in [0.25, 0.3) is 0 Å². The maximum absolute atomic E-state index is 10.9. The number of rotatable bonds is 6. The quantitative estimate of drug-likeness (QED) is 0.682. The summed E-state index contributed by atoms with van der Waals surface area (Å²) in [4.78, 5) is 13.0. The van der Waals surface area contributed by atoms with Gasteiger partial charge in [0.05, 0.1) is 6.07 Å². The molecule has 0 rings (SSSR count). The van der Waals surface area contributed by atoms with Crippen LogP contribution in [0.1, 0.15) is 27.2 Å². The molecule has 14 heavy (non-hydrogen) atoms. The molecule has 0 aromatic carbocycles. The number of nitrogens with zero attached hydrogens (tertiary/aromatic N) is 2. The summed E-state index contributed by atoms with van der Waals surface area (Å²) >= 11 is 0. The molecule has 80 valence electrons. The van der Waals surface area contributed by atoms with Gasteiger partial charge in [0.1, 0.15) is 0 Å². The maximum Gasteiger partial charge on any atom is 0.221 e. The molecule has 1 unspecified atom stereocenters. The molecule has 0 aliphatic carbocycles. The standard InChI is InChI=1S/C10H19N3O/c1-8(2)13(6-4-5-11)7-9(3)10(12)14/h8-9H,4,6-7H2,1-3H3,(H2,12,14). The van der Waals surface area contributed by atoms with Gasteiger partial charge in [-0.3, -0.25) is 9.69 Å². The predicted octanol–water partition coefficient (Wildman–Crippen LogP) is 0.732. The summed E-state index contributed by atoms with van der Waals surface area (Å²) in [5.74, 6) is -0.441. The lowest BCUT2D eigenvalue weighted by molar-refractivity contribution is -0.122. The van der Waals surface area contributed by atoms with Crippen LogP contribution in [0.2, 0.25) is 0 Å². The Balaban J connectivity index is 4.10. The molecule has 4 heteroatoms. The van der Waals surface area contributed by atoms with Gasteiger partial charge in [0, 0.05) is 31.5 Å². The normalized spacial score (nSPS) is 12.9. The zero-order valence-electron chi connectivity index (χ0n) is 9.16. The third kappa shape index (κ3) is 4.83. The van der Waals surface area contributed by atoms with Crippen molar-refractivity contribution in [1.82, 2.24) is 4.90 Å². The van der Waals surface area contributed by atoms with Crippen molar-refractivity contribution in [2.45, 2.75) is 33.2 Å². The molecule has 0 fully saturated rings. The summed E-state index contributed by atoms with van der Waals surface area (Å²) in [6.07, 6.45) is 0.490. The zero-order chi connectivity index (χ0) is 11.1. The lowest BCUT2D eigenvalue weighted by Crippen LogP contribution is -2.39.